The summed E-state index contributed by atoms with van der Waals surface area (Å²) < 4.78 is 13.2. The molecule has 0 aromatic rings. The lowest BCUT2D eigenvalue weighted by molar-refractivity contribution is 0.178. The predicted octanol–water partition coefficient (Wildman–Crippen LogP) is 3.35. The van der Waals surface area contributed by atoms with Gasteiger partial charge >= 0.3 is 8.56 Å². The highest BCUT2D eigenvalue weighted by Gasteiger charge is 2.41. The van der Waals surface area contributed by atoms with Crippen molar-refractivity contribution in [2.24, 2.45) is 0 Å². The number of likely N-dealkylation sites (N-methyl/N-ethyl adjacent to an activating group) is 2. The Morgan fingerprint density at radius 3 is 1.52 bits per heavy atom. The van der Waals surface area contributed by atoms with Crippen LogP contribution in [0.5, 0.6) is 0 Å². The van der Waals surface area contributed by atoms with Gasteiger partial charge < -0.3 is 8.23 Å². The van der Waals surface area contributed by atoms with E-state index in [9.17, 15) is 0 Å². The lowest BCUT2D eigenvalue weighted by atomic mass is 10.3. The Morgan fingerprint density at radius 2 is 1.19 bits per heavy atom. The zero-order chi connectivity index (χ0) is 16.5. The van der Waals surface area contributed by atoms with Crippen molar-refractivity contribution in [1.29, 1.82) is 0 Å². The van der Waals surface area contributed by atoms with Gasteiger partial charge in [-0.15, -0.1) is 0 Å². The number of hydrogen-bond donors (Lipinski definition) is 0. The summed E-state index contributed by atoms with van der Waals surface area (Å²) in [7, 11) is -0.764. The highest BCUT2D eigenvalue weighted by Crippen LogP contribution is 2.28. The van der Waals surface area contributed by atoms with E-state index in [4.69, 9.17) is 8.23 Å². The summed E-state index contributed by atoms with van der Waals surface area (Å²) in [6.07, 6.45) is 1.71. The van der Waals surface area contributed by atoms with Crippen LogP contribution >= 0.6 is 0 Å². The zero-order valence-electron chi connectivity index (χ0n) is 15.6. The van der Waals surface area contributed by atoms with Crippen LogP contribution < -0.4 is 0 Å². The van der Waals surface area contributed by atoms with Crippen LogP contribution in [0.2, 0.25) is 51.9 Å². The van der Waals surface area contributed by atoms with E-state index in [0.717, 1.165) is 12.5 Å². The molecule has 0 bridgehead atoms. The second-order valence-electron chi connectivity index (χ2n) is 8.54. The molecule has 0 aromatic heterocycles. The van der Waals surface area contributed by atoms with Gasteiger partial charge in [0.1, 0.15) is 0 Å². The van der Waals surface area contributed by atoms with Crippen molar-refractivity contribution in [3.05, 3.63) is 0 Å². The topological polar surface area (TPSA) is 24.9 Å². The Balaban J connectivity index is 2.73. The van der Waals surface area contributed by atoms with E-state index >= 15 is 0 Å². The summed E-state index contributed by atoms with van der Waals surface area (Å²) >= 11 is 0. The molecule has 0 aromatic carbocycles. The third kappa shape index (κ3) is 7.06. The SMILES string of the molecule is CN1CCN(C)C1CC[Si](C)(O[Si](C)(C)C)O[Si](C)(C)C. The molecule has 1 aliphatic rings. The minimum Gasteiger partial charge on any atom is -0.437 e. The third-order valence-electron chi connectivity index (χ3n) is 3.72. The molecule has 1 saturated heterocycles. The molecule has 0 spiro atoms. The molecule has 1 aliphatic heterocycles. The molecule has 7 heteroatoms. The molecule has 1 rings (SSSR count). The van der Waals surface area contributed by atoms with Crippen molar-refractivity contribution in [1.82, 2.24) is 9.80 Å². The predicted molar refractivity (Wildman–Crippen MR) is 99.0 cm³/mol. The smallest absolute Gasteiger partial charge is 0.314 e. The minimum absolute atomic E-state index is 0.548. The Morgan fingerprint density at radius 1 is 0.810 bits per heavy atom. The molecule has 0 radical (unpaired) electrons. The van der Waals surface area contributed by atoms with Crippen LogP contribution in [0.25, 0.3) is 0 Å². The summed E-state index contributed by atoms with van der Waals surface area (Å²) in [5.41, 5.74) is 0. The summed E-state index contributed by atoms with van der Waals surface area (Å²) in [5.74, 6) is 0. The summed E-state index contributed by atoms with van der Waals surface area (Å²) in [6.45, 7) is 18.3. The first-order valence-corrected chi connectivity index (χ1v) is 17.5. The van der Waals surface area contributed by atoms with Crippen LogP contribution in [0.4, 0.5) is 0 Å². The van der Waals surface area contributed by atoms with Crippen molar-refractivity contribution >= 4 is 25.2 Å². The zero-order valence-corrected chi connectivity index (χ0v) is 18.6. The van der Waals surface area contributed by atoms with E-state index in [-0.39, 0.29) is 0 Å². The molecule has 4 nitrogen and oxygen atoms in total. The molecule has 1 heterocycles. The van der Waals surface area contributed by atoms with E-state index in [1.165, 1.54) is 13.1 Å². The second-order valence-corrected chi connectivity index (χ2v) is 21.4. The van der Waals surface area contributed by atoms with Crippen LogP contribution in [-0.2, 0) is 8.23 Å². The molecule has 0 saturated carbocycles. The molecule has 0 N–H and O–H groups in total. The monoisotopic (exact) mass is 348 g/mol. The first kappa shape index (κ1) is 19.5. The first-order valence-electron chi connectivity index (χ1n) is 8.12. The highest BCUT2D eigenvalue weighted by atomic mass is 28.5. The first-order chi connectivity index (χ1) is 9.31. The molecular formula is C14H36N2O2Si3. The molecule has 0 atom stereocenters. The summed E-state index contributed by atoms with van der Waals surface area (Å²) in [4.78, 5) is 4.91. The molecular weight excluding hydrogens is 312 g/mol. The molecule has 0 aliphatic carbocycles. The number of rotatable bonds is 7. The van der Waals surface area contributed by atoms with E-state index in [1.54, 1.807) is 0 Å². The van der Waals surface area contributed by atoms with Crippen LogP contribution in [0.3, 0.4) is 0 Å². The van der Waals surface area contributed by atoms with E-state index in [0.29, 0.717) is 6.17 Å². The molecule has 0 unspecified atom stereocenters. The van der Waals surface area contributed by atoms with Gasteiger partial charge in [-0.1, -0.05) is 0 Å². The largest absolute Gasteiger partial charge is 0.437 e. The van der Waals surface area contributed by atoms with Gasteiger partial charge in [0.15, 0.2) is 16.6 Å². The average Bonchev–Trinajstić information content (AvgIpc) is 2.50. The third-order valence-corrected chi connectivity index (χ3v) is 13.3. The minimum atomic E-state index is -2.08. The fraction of sp³-hybridized carbons (Fsp3) is 1.00. The maximum Gasteiger partial charge on any atom is 0.314 e. The maximum atomic E-state index is 6.58. The van der Waals surface area contributed by atoms with Gasteiger partial charge in [0.25, 0.3) is 0 Å². The summed E-state index contributed by atoms with van der Waals surface area (Å²) in [5, 5.41) is 0. The van der Waals surface area contributed by atoms with Gasteiger partial charge in [0, 0.05) is 13.1 Å². The lowest BCUT2D eigenvalue weighted by Crippen LogP contribution is -2.53. The second kappa shape index (κ2) is 6.94. The Bertz CT molecular complexity index is 316. The quantitative estimate of drug-likeness (QED) is 0.659. The number of hydrogen-bond acceptors (Lipinski definition) is 4. The average molecular weight is 349 g/mol. The van der Waals surface area contributed by atoms with Crippen LogP contribution in [-0.4, -0.2) is 68.3 Å². The standard InChI is InChI=1S/C14H36N2O2Si3/c1-15-11-12-16(2)14(15)10-13-21(9,17-19(3,4)5)18-20(6,7)8/h14H,10-13H2,1-9H3. The van der Waals surface area contributed by atoms with E-state index < -0.39 is 25.2 Å². The Labute approximate surface area is 135 Å². The molecule has 126 valence electrons. The Hall–Kier alpha value is 0.491. The van der Waals surface area contributed by atoms with Crippen molar-refractivity contribution in [2.45, 2.75) is 64.5 Å². The van der Waals surface area contributed by atoms with Gasteiger partial charge in [0.2, 0.25) is 0 Å². The van der Waals surface area contributed by atoms with Crippen molar-refractivity contribution < 1.29 is 8.23 Å². The molecule has 1 fully saturated rings. The lowest BCUT2D eigenvalue weighted by Gasteiger charge is -2.39. The van der Waals surface area contributed by atoms with E-state index in [1.807, 2.05) is 0 Å². The van der Waals surface area contributed by atoms with Gasteiger partial charge in [-0.25, -0.2) is 0 Å². The van der Waals surface area contributed by atoms with Crippen LogP contribution in [0.1, 0.15) is 6.42 Å². The van der Waals surface area contributed by atoms with Gasteiger partial charge in [-0.05, 0) is 72.4 Å². The van der Waals surface area contributed by atoms with Crippen LogP contribution in [0, 0.1) is 0 Å². The van der Waals surface area contributed by atoms with Crippen molar-refractivity contribution in [2.75, 3.05) is 27.2 Å². The van der Waals surface area contributed by atoms with Gasteiger partial charge in [0.05, 0.1) is 6.17 Å². The maximum absolute atomic E-state index is 6.58. The van der Waals surface area contributed by atoms with Gasteiger partial charge in [-0.3, -0.25) is 9.80 Å². The molecule has 0 amide bonds. The normalized spacial score (nSPS) is 20.4. The highest BCUT2D eigenvalue weighted by molar-refractivity contribution is 6.87. The fourth-order valence-electron chi connectivity index (χ4n) is 3.20. The van der Waals surface area contributed by atoms with Crippen LogP contribution in [0.15, 0.2) is 0 Å². The van der Waals surface area contributed by atoms with Crippen molar-refractivity contribution in [3.63, 3.8) is 0 Å². The fourth-order valence-corrected chi connectivity index (χ4v) is 15.7. The Kier molecular flexibility index (Phi) is 6.46. The van der Waals surface area contributed by atoms with Crippen molar-refractivity contribution in [3.8, 4) is 0 Å². The number of nitrogens with zero attached hydrogens (tertiary/aromatic N) is 2. The van der Waals surface area contributed by atoms with Gasteiger partial charge in [-0.2, -0.15) is 0 Å². The van der Waals surface area contributed by atoms with E-state index in [2.05, 4.69) is 69.7 Å². The summed E-state index contributed by atoms with van der Waals surface area (Å²) in [6, 6.07) is 1.10. The molecule has 21 heavy (non-hydrogen) atoms.